The van der Waals surface area contributed by atoms with Crippen molar-refractivity contribution in [2.45, 2.75) is 25.1 Å². The Hall–Kier alpha value is -2.02. The van der Waals surface area contributed by atoms with Gasteiger partial charge in [-0.25, -0.2) is 0 Å². The molecule has 0 radical (unpaired) electrons. The summed E-state index contributed by atoms with van der Waals surface area (Å²) in [5, 5.41) is 4.00. The first-order chi connectivity index (χ1) is 11.3. The third-order valence-electron chi connectivity index (χ3n) is 4.16. The van der Waals surface area contributed by atoms with E-state index in [1.54, 1.807) is 17.0 Å². The lowest BCUT2D eigenvalue weighted by Gasteiger charge is -2.25. The molecule has 2 heterocycles. The average molecular weight is 358 g/mol. The maximum atomic E-state index is 12.8. The molecule has 0 aliphatic carbocycles. The van der Waals surface area contributed by atoms with Crippen molar-refractivity contribution in [2.24, 2.45) is 7.05 Å². The Bertz CT molecular complexity index is 755. The summed E-state index contributed by atoms with van der Waals surface area (Å²) in [6, 6.07) is 7.79. The van der Waals surface area contributed by atoms with Gasteiger partial charge in [0, 0.05) is 24.7 Å². The normalized spacial score (nSPS) is 18.2. The lowest BCUT2D eigenvalue weighted by atomic mass is 10.0. The summed E-state index contributed by atoms with van der Waals surface area (Å²) < 4.78 is 39.4. The number of hydrogen-bond donors (Lipinski definition) is 0. The summed E-state index contributed by atoms with van der Waals surface area (Å²) >= 11 is 5.88. The van der Waals surface area contributed by atoms with Gasteiger partial charge >= 0.3 is 6.18 Å². The number of halogens is 4. The Balaban J connectivity index is 1.89. The highest BCUT2D eigenvalue weighted by Gasteiger charge is 2.37. The molecule has 1 aromatic heterocycles. The summed E-state index contributed by atoms with van der Waals surface area (Å²) in [6.45, 7) is 0.499. The molecule has 1 amide bonds. The highest BCUT2D eigenvalue weighted by Crippen LogP contribution is 2.34. The fourth-order valence-corrected chi connectivity index (χ4v) is 3.12. The van der Waals surface area contributed by atoms with Crippen LogP contribution in [0.25, 0.3) is 0 Å². The second kappa shape index (κ2) is 6.12. The van der Waals surface area contributed by atoms with Crippen LogP contribution >= 0.6 is 11.6 Å². The van der Waals surface area contributed by atoms with Gasteiger partial charge in [-0.1, -0.05) is 23.7 Å². The smallest absolute Gasteiger partial charge is 0.330 e. The number of amides is 1. The first-order valence-electron chi connectivity index (χ1n) is 7.45. The van der Waals surface area contributed by atoms with Gasteiger partial charge in [-0.05, 0) is 30.5 Å². The summed E-state index contributed by atoms with van der Waals surface area (Å²) in [6.07, 6.45) is -3.02. The Labute approximate surface area is 141 Å². The van der Waals surface area contributed by atoms with E-state index in [0.717, 1.165) is 29.2 Å². The Morgan fingerprint density at radius 2 is 1.96 bits per heavy atom. The van der Waals surface area contributed by atoms with Gasteiger partial charge < -0.3 is 4.90 Å². The van der Waals surface area contributed by atoms with Gasteiger partial charge in [-0.3, -0.25) is 9.48 Å². The molecule has 1 aliphatic heterocycles. The van der Waals surface area contributed by atoms with Crippen LogP contribution in [0.15, 0.2) is 30.3 Å². The zero-order valence-electron chi connectivity index (χ0n) is 12.8. The van der Waals surface area contributed by atoms with E-state index >= 15 is 0 Å². The van der Waals surface area contributed by atoms with Crippen molar-refractivity contribution in [1.29, 1.82) is 0 Å². The molecular weight excluding hydrogens is 343 g/mol. The van der Waals surface area contributed by atoms with Crippen LogP contribution < -0.4 is 0 Å². The number of rotatable bonds is 2. The second-order valence-electron chi connectivity index (χ2n) is 5.74. The van der Waals surface area contributed by atoms with Gasteiger partial charge in [0.15, 0.2) is 5.69 Å². The van der Waals surface area contributed by atoms with Crippen LogP contribution in [0.3, 0.4) is 0 Å². The summed E-state index contributed by atoms with van der Waals surface area (Å²) in [7, 11) is 1.34. The largest absolute Gasteiger partial charge is 0.435 e. The number of likely N-dealkylation sites (tertiary alicyclic amines) is 1. The quantitative estimate of drug-likeness (QED) is 0.812. The highest BCUT2D eigenvalue weighted by atomic mass is 35.5. The Kier molecular flexibility index (Phi) is 4.29. The maximum absolute atomic E-state index is 12.8. The molecule has 24 heavy (non-hydrogen) atoms. The molecule has 4 nitrogen and oxygen atoms in total. The van der Waals surface area contributed by atoms with Crippen LogP contribution in [0.4, 0.5) is 13.2 Å². The van der Waals surface area contributed by atoms with Gasteiger partial charge in [0.1, 0.15) is 5.69 Å². The lowest BCUT2D eigenvalue weighted by molar-refractivity contribution is -0.141. The number of aromatic nitrogens is 2. The minimum Gasteiger partial charge on any atom is -0.330 e. The molecule has 0 bridgehead atoms. The van der Waals surface area contributed by atoms with Crippen LogP contribution in [-0.4, -0.2) is 27.1 Å². The van der Waals surface area contributed by atoms with E-state index in [-0.39, 0.29) is 11.7 Å². The Morgan fingerprint density at radius 1 is 1.29 bits per heavy atom. The van der Waals surface area contributed by atoms with Crippen LogP contribution in [0.2, 0.25) is 5.02 Å². The zero-order valence-corrected chi connectivity index (χ0v) is 13.6. The average Bonchev–Trinajstić information content (AvgIpc) is 3.13. The number of hydrogen-bond acceptors (Lipinski definition) is 2. The minimum absolute atomic E-state index is 0.0665. The van der Waals surface area contributed by atoms with Crippen molar-refractivity contribution < 1.29 is 18.0 Å². The van der Waals surface area contributed by atoms with Crippen molar-refractivity contribution >= 4 is 17.5 Å². The van der Waals surface area contributed by atoms with Gasteiger partial charge in [0.2, 0.25) is 0 Å². The summed E-state index contributed by atoms with van der Waals surface area (Å²) in [4.78, 5) is 14.3. The van der Waals surface area contributed by atoms with Gasteiger partial charge in [-0.2, -0.15) is 18.3 Å². The van der Waals surface area contributed by atoms with Gasteiger partial charge in [0.25, 0.3) is 5.91 Å². The molecule has 0 unspecified atom stereocenters. The number of nitrogens with zero attached hydrogens (tertiary/aromatic N) is 3. The molecule has 1 aromatic carbocycles. The summed E-state index contributed by atoms with van der Waals surface area (Å²) in [5.74, 6) is -0.446. The van der Waals surface area contributed by atoms with Crippen LogP contribution in [0, 0.1) is 0 Å². The van der Waals surface area contributed by atoms with Crippen molar-refractivity contribution in [3.63, 3.8) is 0 Å². The van der Waals surface area contributed by atoms with E-state index in [1.807, 2.05) is 12.1 Å². The molecule has 8 heteroatoms. The predicted octanol–water partition coefficient (Wildman–Crippen LogP) is 4.07. The van der Waals surface area contributed by atoms with Crippen molar-refractivity contribution in [3.05, 3.63) is 52.3 Å². The second-order valence-corrected chi connectivity index (χ2v) is 6.18. The van der Waals surface area contributed by atoms with Crippen molar-refractivity contribution in [3.8, 4) is 0 Å². The number of carbonyl (C=O) groups excluding carboxylic acids is 1. The molecule has 1 aliphatic rings. The first-order valence-corrected chi connectivity index (χ1v) is 7.83. The molecule has 1 atom stereocenters. The van der Waals surface area contributed by atoms with E-state index in [4.69, 9.17) is 11.6 Å². The topological polar surface area (TPSA) is 38.1 Å². The van der Waals surface area contributed by atoms with Crippen molar-refractivity contribution in [2.75, 3.05) is 6.54 Å². The molecule has 1 saturated heterocycles. The number of carbonyl (C=O) groups is 1. The highest BCUT2D eigenvalue weighted by molar-refractivity contribution is 6.30. The molecular formula is C16H15ClF3N3O. The molecule has 128 valence electrons. The molecule has 0 N–H and O–H groups in total. The van der Waals surface area contributed by atoms with Crippen LogP contribution in [-0.2, 0) is 13.2 Å². The lowest BCUT2D eigenvalue weighted by Crippen LogP contribution is -2.32. The van der Waals surface area contributed by atoms with Crippen LogP contribution in [0.1, 0.15) is 40.6 Å². The monoisotopic (exact) mass is 357 g/mol. The molecule has 2 aromatic rings. The number of alkyl halides is 3. The van der Waals surface area contributed by atoms with E-state index in [1.165, 1.54) is 7.05 Å². The van der Waals surface area contributed by atoms with Crippen LogP contribution in [0.5, 0.6) is 0 Å². The molecule has 0 spiro atoms. The van der Waals surface area contributed by atoms with E-state index in [9.17, 15) is 18.0 Å². The van der Waals surface area contributed by atoms with Gasteiger partial charge in [-0.15, -0.1) is 0 Å². The third-order valence-corrected chi connectivity index (χ3v) is 4.41. The van der Waals surface area contributed by atoms with Gasteiger partial charge in [0.05, 0.1) is 6.04 Å². The third kappa shape index (κ3) is 3.13. The fourth-order valence-electron chi connectivity index (χ4n) is 2.99. The maximum Gasteiger partial charge on any atom is 0.435 e. The molecule has 1 fully saturated rings. The number of benzene rings is 1. The Morgan fingerprint density at radius 3 is 2.54 bits per heavy atom. The predicted molar refractivity (Wildman–Crippen MR) is 82.7 cm³/mol. The SMILES string of the molecule is Cn1nc(C(F)(F)F)cc1C(=O)N1CCC[C@@H]1c1ccc(Cl)cc1. The van der Waals surface area contributed by atoms with E-state index in [2.05, 4.69) is 5.10 Å². The van der Waals surface area contributed by atoms with E-state index < -0.39 is 17.8 Å². The zero-order chi connectivity index (χ0) is 17.5. The summed E-state index contributed by atoms with van der Waals surface area (Å²) in [5.41, 5.74) is -0.206. The van der Waals surface area contributed by atoms with Crippen molar-refractivity contribution in [1.82, 2.24) is 14.7 Å². The van der Waals surface area contributed by atoms with E-state index in [0.29, 0.717) is 11.6 Å². The standard InChI is InChI=1S/C16H15ClF3N3O/c1-22-13(9-14(21-22)16(18,19)20)15(24)23-8-2-3-12(23)10-4-6-11(17)7-5-10/h4-7,9,12H,2-3,8H2,1H3/t12-/m1/s1. The molecule has 3 rings (SSSR count). The fraction of sp³-hybridized carbons (Fsp3) is 0.375. The first kappa shape index (κ1) is 16.8. The molecule has 0 saturated carbocycles. The number of aryl methyl sites for hydroxylation is 1. The minimum atomic E-state index is -4.57.